The summed E-state index contributed by atoms with van der Waals surface area (Å²) in [7, 11) is 0. The van der Waals surface area contributed by atoms with E-state index in [1.807, 2.05) is 0 Å². The Morgan fingerprint density at radius 2 is 2.17 bits per heavy atom. The summed E-state index contributed by atoms with van der Waals surface area (Å²) < 4.78 is 0. The summed E-state index contributed by atoms with van der Waals surface area (Å²) in [4.78, 5) is 4.39. The van der Waals surface area contributed by atoms with E-state index in [1.165, 1.54) is 16.1 Å². The van der Waals surface area contributed by atoms with Crippen LogP contribution in [0, 0.1) is 0 Å². The lowest BCUT2D eigenvalue weighted by Gasteiger charge is -2.08. The first-order valence-electron chi connectivity index (χ1n) is 4.10. The smallest absolute Gasteiger partial charge is 0.0649 e. The van der Waals surface area contributed by atoms with Gasteiger partial charge >= 0.3 is 0 Å². The number of hydrogen-bond donors (Lipinski definition) is 2. The van der Waals surface area contributed by atoms with Crippen molar-refractivity contribution in [3.63, 3.8) is 0 Å². The average molecular weight is 180 g/mol. The van der Waals surface area contributed by atoms with Gasteiger partial charge in [0, 0.05) is 0 Å². The van der Waals surface area contributed by atoms with Crippen LogP contribution in [0.3, 0.4) is 0 Å². The summed E-state index contributed by atoms with van der Waals surface area (Å²) in [5.74, 6) is 0.592. The molecule has 0 amide bonds. The largest absolute Gasteiger partial charge is 0.310 e. The van der Waals surface area contributed by atoms with Crippen LogP contribution in [0.25, 0.3) is 0 Å². The van der Waals surface area contributed by atoms with Gasteiger partial charge in [-0.1, -0.05) is 26.0 Å². The Morgan fingerprint density at radius 3 is 2.92 bits per heavy atom. The molecule has 0 saturated heterocycles. The fourth-order valence-electron chi connectivity index (χ4n) is 1.35. The van der Waals surface area contributed by atoms with Crippen molar-refractivity contribution in [2.75, 3.05) is 5.43 Å². The lowest BCUT2D eigenvalue weighted by Crippen LogP contribution is -2.04. The first kappa shape index (κ1) is 7.95. The van der Waals surface area contributed by atoms with Gasteiger partial charge in [-0.25, -0.2) is 0 Å². The minimum absolute atomic E-state index is 0.592. The molecule has 12 heavy (non-hydrogen) atoms. The quantitative estimate of drug-likeness (QED) is 0.650. The van der Waals surface area contributed by atoms with E-state index in [1.54, 1.807) is 11.9 Å². The third kappa shape index (κ3) is 1.19. The number of fused-ring (bicyclic) bond motifs is 1. The zero-order valence-electron chi connectivity index (χ0n) is 7.22. The minimum Gasteiger partial charge on any atom is -0.310 e. The molecule has 64 valence electrons. The molecule has 1 heterocycles. The number of hydrogen-bond acceptors (Lipinski definition) is 3. The lowest BCUT2D eigenvalue weighted by molar-refractivity contribution is 0.845. The molecular formula is C9H12N2S. The van der Waals surface area contributed by atoms with Crippen molar-refractivity contribution in [3.8, 4) is 0 Å². The summed E-state index contributed by atoms with van der Waals surface area (Å²) >= 11 is 1.66. The first-order valence-corrected chi connectivity index (χ1v) is 4.91. The number of rotatable bonds is 1. The van der Waals surface area contributed by atoms with Crippen molar-refractivity contribution in [1.29, 1.82) is 0 Å². The van der Waals surface area contributed by atoms with Crippen LogP contribution in [0.4, 0.5) is 5.69 Å². The van der Waals surface area contributed by atoms with Crippen LogP contribution in [-0.4, -0.2) is 0 Å². The average Bonchev–Trinajstić information content (AvgIpc) is 2.49. The van der Waals surface area contributed by atoms with E-state index in [-0.39, 0.29) is 0 Å². The lowest BCUT2D eigenvalue weighted by atomic mass is 10.0. The molecule has 0 aliphatic carbocycles. The minimum atomic E-state index is 0.592. The predicted molar refractivity (Wildman–Crippen MR) is 53.1 cm³/mol. The molecule has 1 aliphatic rings. The fourth-order valence-corrected chi connectivity index (χ4v) is 2.27. The van der Waals surface area contributed by atoms with Gasteiger partial charge in [0.2, 0.25) is 0 Å². The summed E-state index contributed by atoms with van der Waals surface area (Å²) in [5.41, 5.74) is 5.72. The van der Waals surface area contributed by atoms with Gasteiger partial charge < -0.3 is 5.43 Å². The highest BCUT2D eigenvalue weighted by Crippen LogP contribution is 2.36. The molecule has 0 bridgehead atoms. The second-order valence-electron chi connectivity index (χ2n) is 3.21. The molecule has 0 atom stereocenters. The van der Waals surface area contributed by atoms with Crippen molar-refractivity contribution in [1.82, 2.24) is 4.83 Å². The van der Waals surface area contributed by atoms with Gasteiger partial charge in [-0.2, -0.15) is 4.83 Å². The van der Waals surface area contributed by atoms with Gasteiger partial charge in [0.25, 0.3) is 0 Å². The summed E-state index contributed by atoms with van der Waals surface area (Å²) in [5, 5.41) is 0. The predicted octanol–water partition coefficient (Wildman–Crippen LogP) is 2.75. The molecule has 0 spiro atoms. The maximum atomic E-state index is 3.11. The van der Waals surface area contributed by atoms with Crippen molar-refractivity contribution in [2.24, 2.45) is 0 Å². The fraction of sp³-hybridized carbons (Fsp3) is 0.333. The van der Waals surface area contributed by atoms with Crippen LogP contribution >= 0.6 is 11.9 Å². The molecule has 0 radical (unpaired) electrons. The summed E-state index contributed by atoms with van der Waals surface area (Å²) in [6.07, 6.45) is 0. The van der Waals surface area contributed by atoms with E-state index in [9.17, 15) is 0 Å². The molecule has 0 unspecified atom stereocenters. The second kappa shape index (κ2) is 2.99. The van der Waals surface area contributed by atoms with Gasteiger partial charge in [0.1, 0.15) is 0 Å². The molecule has 2 rings (SSSR count). The molecule has 2 nitrogen and oxygen atoms in total. The Labute approximate surface area is 76.8 Å². The molecule has 1 aliphatic heterocycles. The van der Waals surface area contributed by atoms with E-state index in [0.717, 1.165) is 0 Å². The van der Waals surface area contributed by atoms with Crippen LogP contribution in [0.5, 0.6) is 0 Å². The normalized spacial score (nSPS) is 14.6. The van der Waals surface area contributed by atoms with Gasteiger partial charge in [0.15, 0.2) is 0 Å². The van der Waals surface area contributed by atoms with E-state index in [2.05, 4.69) is 42.3 Å². The molecule has 0 aromatic heterocycles. The molecular weight excluding hydrogens is 168 g/mol. The Hall–Kier alpha value is -0.670. The molecule has 3 heteroatoms. The highest BCUT2D eigenvalue weighted by atomic mass is 32.2. The molecule has 0 saturated carbocycles. The van der Waals surface area contributed by atoms with Crippen LogP contribution in [-0.2, 0) is 0 Å². The van der Waals surface area contributed by atoms with Gasteiger partial charge in [0.05, 0.1) is 10.6 Å². The first-order chi connectivity index (χ1) is 5.79. The van der Waals surface area contributed by atoms with Crippen LogP contribution in [0.15, 0.2) is 23.1 Å². The highest BCUT2D eigenvalue weighted by Gasteiger charge is 2.15. The maximum absolute atomic E-state index is 3.11. The van der Waals surface area contributed by atoms with E-state index >= 15 is 0 Å². The topological polar surface area (TPSA) is 24.1 Å². The summed E-state index contributed by atoms with van der Waals surface area (Å²) in [6.45, 7) is 4.43. The van der Waals surface area contributed by atoms with Crippen molar-refractivity contribution in [2.45, 2.75) is 24.7 Å². The Balaban J connectivity index is 2.49. The van der Waals surface area contributed by atoms with Gasteiger partial charge in [-0.05, 0) is 29.5 Å². The summed E-state index contributed by atoms with van der Waals surface area (Å²) in [6, 6.07) is 6.37. The number of anilines is 1. The third-order valence-electron chi connectivity index (χ3n) is 2.01. The monoisotopic (exact) mass is 180 g/mol. The van der Waals surface area contributed by atoms with E-state index in [4.69, 9.17) is 0 Å². The van der Waals surface area contributed by atoms with Gasteiger partial charge in [-0.3, -0.25) is 0 Å². The van der Waals surface area contributed by atoms with Gasteiger partial charge in [-0.15, -0.1) is 0 Å². The SMILES string of the molecule is CC(C)c1cccc2c1SNN2. The van der Waals surface area contributed by atoms with Crippen LogP contribution in [0.2, 0.25) is 0 Å². The molecule has 1 aromatic carbocycles. The Bertz CT molecular complexity index is 297. The van der Waals surface area contributed by atoms with E-state index in [0.29, 0.717) is 5.92 Å². The van der Waals surface area contributed by atoms with E-state index < -0.39 is 0 Å². The van der Waals surface area contributed by atoms with Crippen molar-refractivity contribution < 1.29 is 0 Å². The van der Waals surface area contributed by atoms with Crippen molar-refractivity contribution in [3.05, 3.63) is 23.8 Å². The molecule has 2 N–H and O–H groups in total. The zero-order valence-corrected chi connectivity index (χ0v) is 8.03. The highest BCUT2D eigenvalue weighted by molar-refractivity contribution is 7.98. The number of benzene rings is 1. The standard InChI is InChI=1S/C9H12N2S/c1-6(2)7-4-3-5-8-9(7)12-11-10-8/h3-6,10-11H,1-2H3. The third-order valence-corrected chi connectivity index (χ3v) is 2.87. The van der Waals surface area contributed by atoms with Crippen molar-refractivity contribution >= 4 is 17.6 Å². The maximum Gasteiger partial charge on any atom is 0.0649 e. The molecule has 1 aromatic rings. The molecule has 0 fully saturated rings. The van der Waals surface area contributed by atoms with Crippen LogP contribution in [0.1, 0.15) is 25.3 Å². The zero-order chi connectivity index (χ0) is 8.55. The number of nitrogens with one attached hydrogen (secondary N) is 2. The second-order valence-corrected chi connectivity index (χ2v) is 4.02. The Morgan fingerprint density at radius 1 is 1.33 bits per heavy atom. The Kier molecular flexibility index (Phi) is 1.98. The van der Waals surface area contributed by atoms with Crippen LogP contribution < -0.4 is 10.3 Å². The number of hydrazine groups is 1.